The van der Waals surface area contributed by atoms with Crippen molar-refractivity contribution in [2.75, 3.05) is 13.2 Å². The van der Waals surface area contributed by atoms with Crippen LogP contribution in [-0.2, 0) is 5.41 Å². The SMILES string of the molecule is CC1(CN)CC(CO)(c2ccccc2)C1. The van der Waals surface area contributed by atoms with Crippen LogP contribution in [0.3, 0.4) is 0 Å². The van der Waals surface area contributed by atoms with E-state index in [1.54, 1.807) is 0 Å². The van der Waals surface area contributed by atoms with Crippen LogP contribution in [0.15, 0.2) is 30.3 Å². The molecule has 0 amide bonds. The lowest BCUT2D eigenvalue weighted by atomic mass is 9.51. The van der Waals surface area contributed by atoms with Gasteiger partial charge in [0.25, 0.3) is 0 Å². The van der Waals surface area contributed by atoms with E-state index in [0.717, 1.165) is 12.8 Å². The Balaban J connectivity index is 2.21. The zero-order valence-electron chi connectivity index (χ0n) is 9.24. The van der Waals surface area contributed by atoms with Crippen molar-refractivity contribution in [1.29, 1.82) is 0 Å². The van der Waals surface area contributed by atoms with Crippen molar-refractivity contribution >= 4 is 0 Å². The van der Waals surface area contributed by atoms with Crippen LogP contribution < -0.4 is 5.73 Å². The zero-order chi connectivity index (χ0) is 10.9. The second-order valence-corrected chi connectivity index (χ2v) is 5.17. The molecule has 0 heterocycles. The van der Waals surface area contributed by atoms with Crippen molar-refractivity contribution in [3.8, 4) is 0 Å². The van der Waals surface area contributed by atoms with Crippen LogP contribution >= 0.6 is 0 Å². The number of rotatable bonds is 3. The van der Waals surface area contributed by atoms with Gasteiger partial charge < -0.3 is 10.8 Å². The van der Waals surface area contributed by atoms with Crippen LogP contribution in [0.1, 0.15) is 25.3 Å². The Kier molecular flexibility index (Phi) is 2.57. The van der Waals surface area contributed by atoms with Crippen molar-refractivity contribution in [2.24, 2.45) is 11.1 Å². The third-order valence-electron chi connectivity index (χ3n) is 3.71. The van der Waals surface area contributed by atoms with Crippen LogP contribution in [0.4, 0.5) is 0 Å². The molecule has 3 N–H and O–H groups in total. The normalized spacial score (nSPS) is 34.9. The summed E-state index contributed by atoms with van der Waals surface area (Å²) < 4.78 is 0. The highest BCUT2D eigenvalue weighted by Crippen LogP contribution is 2.54. The molecule has 0 aromatic heterocycles. The Morgan fingerprint density at radius 3 is 2.33 bits per heavy atom. The molecule has 1 aromatic carbocycles. The quantitative estimate of drug-likeness (QED) is 0.788. The molecule has 2 heteroatoms. The van der Waals surface area contributed by atoms with Crippen LogP contribution in [0.2, 0.25) is 0 Å². The van der Waals surface area contributed by atoms with E-state index in [0.29, 0.717) is 6.54 Å². The molecule has 1 aromatic rings. The van der Waals surface area contributed by atoms with E-state index in [9.17, 15) is 5.11 Å². The predicted molar refractivity (Wildman–Crippen MR) is 61.6 cm³/mol. The van der Waals surface area contributed by atoms with Crippen molar-refractivity contribution in [2.45, 2.75) is 25.2 Å². The standard InChI is InChI=1S/C13H19NO/c1-12(9-14)7-13(8-12,10-15)11-5-3-2-4-6-11/h2-6,15H,7-10,14H2,1H3. The lowest BCUT2D eigenvalue weighted by molar-refractivity contribution is 0.00269. The van der Waals surface area contributed by atoms with E-state index in [1.165, 1.54) is 5.56 Å². The lowest BCUT2D eigenvalue weighted by Gasteiger charge is -2.54. The fraction of sp³-hybridized carbons (Fsp3) is 0.538. The summed E-state index contributed by atoms with van der Waals surface area (Å²) in [5.41, 5.74) is 7.18. The van der Waals surface area contributed by atoms with Crippen LogP contribution in [0.5, 0.6) is 0 Å². The first-order valence-electron chi connectivity index (χ1n) is 5.51. The van der Waals surface area contributed by atoms with E-state index in [-0.39, 0.29) is 17.4 Å². The molecule has 0 atom stereocenters. The average Bonchev–Trinajstić information content (AvgIpc) is 2.26. The number of hydrogen-bond acceptors (Lipinski definition) is 2. The van der Waals surface area contributed by atoms with Crippen molar-refractivity contribution in [1.82, 2.24) is 0 Å². The lowest BCUT2D eigenvalue weighted by Crippen LogP contribution is -2.53. The Bertz CT molecular complexity index is 328. The van der Waals surface area contributed by atoms with Crippen LogP contribution in [-0.4, -0.2) is 18.3 Å². The number of nitrogens with two attached hydrogens (primary N) is 1. The van der Waals surface area contributed by atoms with Crippen molar-refractivity contribution in [3.05, 3.63) is 35.9 Å². The van der Waals surface area contributed by atoms with E-state index in [2.05, 4.69) is 19.1 Å². The van der Waals surface area contributed by atoms with Gasteiger partial charge in [0, 0.05) is 5.41 Å². The van der Waals surface area contributed by atoms with Gasteiger partial charge in [-0.05, 0) is 30.4 Å². The van der Waals surface area contributed by atoms with E-state index < -0.39 is 0 Å². The monoisotopic (exact) mass is 205 g/mol. The summed E-state index contributed by atoms with van der Waals surface area (Å²) in [5.74, 6) is 0. The Morgan fingerprint density at radius 1 is 1.27 bits per heavy atom. The number of aliphatic hydroxyl groups is 1. The van der Waals surface area contributed by atoms with Gasteiger partial charge in [0.2, 0.25) is 0 Å². The molecule has 2 rings (SSSR count). The van der Waals surface area contributed by atoms with Gasteiger partial charge in [-0.25, -0.2) is 0 Å². The predicted octanol–water partition coefficient (Wildman–Crippen LogP) is 1.68. The molecule has 0 bridgehead atoms. The number of aliphatic hydroxyl groups excluding tert-OH is 1. The van der Waals surface area contributed by atoms with Gasteiger partial charge in [-0.1, -0.05) is 37.3 Å². The van der Waals surface area contributed by atoms with Crippen LogP contribution in [0, 0.1) is 5.41 Å². The highest BCUT2D eigenvalue weighted by atomic mass is 16.3. The molecule has 0 saturated heterocycles. The van der Waals surface area contributed by atoms with Gasteiger partial charge >= 0.3 is 0 Å². The second kappa shape index (κ2) is 3.62. The molecule has 1 fully saturated rings. The molecule has 0 aliphatic heterocycles. The molecule has 1 aliphatic rings. The largest absolute Gasteiger partial charge is 0.395 e. The van der Waals surface area contributed by atoms with Gasteiger partial charge in [0.15, 0.2) is 0 Å². The highest BCUT2D eigenvalue weighted by Gasteiger charge is 2.51. The minimum atomic E-state index is -0.0324. The third-order valence-corrected chi connectivity index (χ3v) is 3.71. The first kappa shape index (κ1) is 10.7. The first-order chi connectivity index (χ1) is 7.14. The van der Waals surface area contributed by atoms with Gasteiger partial charge in [-0.15, -0.1) is 0 Å². The smallest absolute Gasteiger partial charge is 0.0528 e. The Hall–Kier alpha value is -0.860. The average molecular weight is 205 g/mol. The molecule has 0 radical (unpaired) electrons. The molecule has 2 nitrogen and oxygen atoms in total. The molecular formula is C13H19NO. The van der Waals surface area contributed by atoms with E-state index in [4.69, 9.17) is 5.73 Å². The molecule has 0 spiro atoms. The maximum Gasteiger partial charge on any atom is 0.0528 e. The molecule has 15 heavy (non-hydrogen) atoms. The summed E-state index contributed by atoms with van der Waals surface area (Å²) >= 11 is 0. The summed E-state index contributed by atoms with van der Waals surface area (Å²) in [5, 5.41) is 9.58. The summed E-state index contributed by atoms with van der Waals surface area (Å²) in [7, 11) is 0. The highest BCUT2D eigenvalue weighted by molar-refractivity contribution is 5.30. The van der Waals surface area contributed by atoms with E-state index >= 15 is 0 Å². The Morgan fingerprint density at radius 2 is 1.87 bits per heavy atom. The molecule has 82 valence electrons. The molecular weight excluding hydrogens is 186 g/mol. The van der Waals surface area contributed by atoms with Crippen molar-refractivity contribution < 1.29 is 5.11 Å². The third kappa shape index (κ3) is 1.68. The van der Waals surface area contributed by atoms with Gasteiger partial charge in [0.05, 0.1) is 6.61 Å². The van der Waals surface area contributed by atoms with Gasteiger partial charge in [0.1, 0.15) is 0 Å². The summed E-state index contributed by atoms with van der Waals surface area (Å²) in [6.07, 6.45) is 1.99. The number of benzene rings is 1. The second-order valence-electron chi connectivity index (χ2n) is 5.17. The topological polar surface area (TPSA) is 46.2 Å². The zero-order valence-corrected chi connectivity index (χ0v) is 9.24. The minimum absolute atomic E-state index is 0.0324. The fourth-order valence-corrected chi connectivity index (χ4v) is 2.93. The minimum Gasteiger partial charge on any atom is -0.395 e. The Labute approximate surface area is 91.1 Å². The number of hydrogen-bond donors (Lipinski definition) is 2. The van der Waals surface area contributed by atoms with Crippen LogP contribution in [0.25, 0.3) is 0 Å². The molecule has 0 unspecified atom stereocenters. The van der Waals surface area contributed by atoms with Crippen molar-refractivity contribution in [3.63, 3.8) is 0 Å². The first-order valence-corrected chi connectivity index (χ1v) is 5.51. The summed E-state index contributed by atoms with van der Waals surface area (Å²) in [4.78, 5) is 0. The molecule has 1 aliphatic carbocycles. The fourth-order valence-electron chi connectivity index (χ4n) is 2.93. The summed E-state index contributed by atoms with van der Waals surface area (Å²) in [6.45, 7) is 3.14. The maximum absolute atomic E-state index is 9.58. The van der Waals surface area contributed by atoms with Gasteiger partial charge in [-0.3, -0.25) is 0 Å². The summed E-state index contributed by atoms with van der Waals surface area (Å²) in [6, 6.07) is 10.3. The maximum atomic E-state index is 9.58. The van der Waals surface area contributed by atoms with Gasteiger partial charge in [-0.2, -0.15) is 0 Å². The van der Waals surface area contributed by atoms with E-state index in [1.807, 2.05) is 18.2 Å². The molecule has 1 saturated carbocycles.